The molecule has 0 atom stereocenters. The van der Waals surface area contributed by atoms with Crippen LogP contribution in [0.3, 0.4) is 0 Å². The van der Waals surface area contributed by atoms with Crippen molar-refractivity contribution in [2.75, 3.05) is 0 Å². The fraction of sp³-hybridized carbons (Fsp3) is 0.385. The lowest BCUT2D eigenvalue weighted by Crippen LogP contribution is -2.19. The Balaban J connectivity index is 2.27. The molecule has 0 radical (unpaired) electrons. The van der Waals surface area contributed by atoms with Crippen LogP contribution in [-0.2, 0) is 10.3 Å². The van der Waals surface area contributed by atoms with Gasteiger partial charge in [-0.25, -0.2) is 4.79 Å². The van der Waals surface area contributed by atoms with Crippen LogP contribution in [0.15, 0.2) is 23.2 Å². The zero-order valence-corrected chi connectivity index (χ0v) is 10.5. The van der Waals surface area contributed by atoms with Crippen LogP contribution in [0.1, 0.15) is 31.2 Å². The molecule has 0 unspecified atom stereocenters. The number of benzene rings is 1. The van der Waals surface area contributed by atoms with Crippen LogP contribution < -0.4 is 0 Å². The molecule has 0 spiro atoms. The van der Waals surface area contributed by atoms with Crippen molar-refractivity contribution in [3.8, 4) is 0 Å². The number of aromatic amines is 1. The van der Waals surface area contributed by atoms with Gasteiger partial charge in [0.25, 0.3) is 0 Å². The van der Waals surface area contributed by atoms with Gasteiger partial charge in [-0.2, -0.15) is 10.1 Å². The quantitative estimate of drug-likeness (QED) is 0.666. The Bertz CT molecular complexity index is 637. The minimum atomic E-state index is -0.459. The first-order valence-electron chi connectivity index (χ1n) is 5.99. The number of para-hydroxylation sites is 1. The lowest BCUT2D eigenvalue weighted by Gasteiger charge is -2.22. The number of halogens is 1. The lowest BCUT2D eigenvalue weighted by molar-refractivity contribution is 0.459. The second kappa shape index (κ2) is 4.23. The van der Waals surface area contributed by atoms with Gasteiger partial charge in [0.15, 0.2) is 0 Å². The number of hydrogen-bond acceptors (Lipinski definition) is 3. The van der Waals surface area contributed by atoms with Crippen LogP contribution in [-0.4, -0.2) is 16.3 Å². The number of carbonyl (C=O) groups excluding carboxylic acids is 1. The van der Waals surface area contributed by atoms with Gasteiger partial charge in [-0.1, -0.05) is 36.6 Å². The van der Waals surface area contributed by atoms with Crippen LogP contribution in [0.5, 0.6) is 0 Å². The second-order valence-corrected chi connectivity index (χ2v) is 5.06. The molecular weight excluding hydrogens is 250 g/mol. The summed E-state index contributed by atoms with van der Waals surface area (Å²) in [5, 5.41) is 8.42. The zero-order chi connectivity index (χ0) is 12.6. The maximum absolute atomic E-state index is 10.7. The Hall–Kier alpha value is -1.64. The summed E-state index contributed by atoms with van der Waals surface area (Å²) in [5.41, 5.74) is 1.33. The van der Waals surface area contributed by atoms with Crippen molar-refractivity contribution >= 4 is 28.6 Å². The van der Waals surface area contributed by atoms with Crippen molar-refractivity contribution in [3.05, 3.63) is 28.9 Å². The van der Waals surface area contributed by atoms with E-state index in [4.69, 9.17) is 11.6 Å². The first-order valence-corrected chi connectivity index (χ1v) is 6.37. The van der Waals surface area contributed by atoms with Crippen molar-refractivity contribution in [2.45, 2.75) is 31.2 Å². The van der Waals surface area contributed by atoms with E-state index in [1.165, 1.54) is 0 Å². The fourth-order valence-corrected chi connectivity index (χ4v) is 3.07. The predicted octanol–water partition coefficient (Wildman–Crippen LogP) is 3.32. The molecule has 1 aliphatic rings. The van der Waals surface area contributed by atoms with Gasteiger partial charge in [0.1, 0.15) is 10.7 Å². The molecule has 2 aromatic rings. The summed E-state index contributed by atoms with van der Waals surface area (Å²) in [5.74, 6) is 0. The van der Waals surface area contributed by atoms with Crippen molar-refractivity contribution in [2.24, 2.45) is 4.99 Å². The Morgan fingerprint density at radius 2 is 2.17 bits per heavy atom. The standard InChI is InChI=1S/C13H12ClN3O/c14-12-9-4-3-5-10(11(9)16-17-12)13(15-8-18)6-1-2-7-13/h3-5H,1-2,6-7H2,(H,16,17). The summed E-state index contributed by atoms with van der Waals surface area (Å²) in [6.45, 7) is 0. The number of aliphatic imine (C=N–C) groups is 1. The maximum atomic E-state index is 10.7. The first-order chi connectivity index (χ1) is 8.77. The number of hydrogen-bond donors (Lipinski definition) is 1. The molecule has 1 aromatic carbocycles. The molecule has 0 amide bonds. The molecule has 0 aliphatic heterocycles. The molecule has 1 aliphatic carbocycles. The van der Waals surface area contributed by atoms with Crippen molar-refractivity contribution < 1.29 is 4.79 Å². The number of isocyanates is 1. The highest BCUT2D eigenvalue weighted by molar-refractivity contribution is 6.34. The van der Waals surface area contributed by atoms with Gasteiger partial charge in [-0.3, -0.25) is 5.10 Å². The first kappa shape index (κ1) is 11.5. The SMILES string of the molecule is O=C=NC1(c2cccc3c(Cl)[nH]nc23)CCCC1. The Kier molecular flexibility index (Phi) is 2.69. The highest BCUT2D eigenvalue weighted by Crippen LogP contribution is 2.44. The number of H-pyrrole nitrogens is 1. The van der Waals surface area contributed by atoms with Gasteiger partial charge >= 0.3 is 0 Å². The summed E-state index contributed by atoms with van der Waals surface area (Å²) in [4.78, 5) is 14.8. The molecule has 18 heavy (non-hydrogen) atoms. The number of fused-ring (bicyclic) bond motifs is 1. The molecule has 1 saturated carbocycles. The molecule has 0 bridgehead atoms. The van der Waals surface area contributed by atoms with E-state index < -0.39 is 5.54 Å². The average molecular weight is 262 g/mol. The Labute approximate surface area is 109 Å². The Morgan fingerprint density at radius 3 is 2.89 bits per heavy atom. The van der Waals surface area contributed by atoms with Gasteiger partial charge in [0, 0.05) is 10.9 Å². The van der Waals surface area contributed by atoms with Gasteiger partial charge in [-0.05, 0) is 18.9 Å². The van der Waals surface area contributed by atoms with Crippen LogP contribution >= 0.6 is 11.6 Å². The normalized spacial score (nSPS) is 17.8. The van der Waals surface area contributed by atoms with Gasteiger partial charge < -0.3 is 0 Å². The third kappa shape index (κ3) is 1.57. The van der Waals surface area contributed by atoms with Crippen LogP contribution in [0.25, 0.3) is 10.9 Å². The van der Waals surface area contributed by atoms with E-state index in [1.807, 2.05) is 18.2 Å². The zero-order valence-electron chi connectivity index (χ0n) is 9.74. The maximum Gasteiger partial charge on any atom is 0.235 e. The Morgan fingerprint density at radius 1 is 1.39 bits per heavy atom. The molecule has 1 heterocycles. The monoisotopic (exact) mass is 261 g/mol. The van der Waals surface area contributed by atoms with Crippen molar-refractivity contribution in [3.63, 3.8) is 0 Å². The highest BCUT2D eigenvalue weighted by Gasteiger charge is 2.37. The van der Waals surface area contributed by atoms with E-state index in [9.17, 15) is 4.79 Å². The molecule has 1 aromatic heterocycles. The minimum Gasteiger partial charge on any atom is -0.266 e. The smallest absolute Gasteiger partial charge is 0.235 e. The van der Waals surface area contributed by atoms with E-state index in [0.29, 0.717) is 5.15 Å². The largest absolute Gasteiger partial charge is 0.266 e. The van der Waals surface area contributed by atoms with E-state index in [1.54, 1.807) is 6.08 Å². The average Bonchev–Trinajstić information content (AvgIpc) is 2.98. The number of nitrogens with zero attached hydrogens (tertiary/aromatic N) is 2. The van der Waals surface area contributed by atoms with Crippen LogP contribution in [0.2, 0.25) is 5.15 Å². The molecular formula is C13H12ClN3O. The molecule has 92 valence electrons. The number of aromatic nitrogens is 2. The summed E-state index contributed by atoms with van der Waals surface area (Å²) in [6, 6.07) is 5.82. The fourth-order valence-electron chi connectivity index (χ4n) is 2.87. The predicted molar refractivity (Wildman–Crippen MR) is 69.4 cm³/mol. The van der Waals surface area contributed by atoms with Gasteiger partial charge in [-0.15, -0.1) is 0 Å². The number of nitrogens with one attached hydrogen (secondary N) is 1. The minimum absolute atomic E-state index is 0.459. The summed E-state index contributed by atoms with van der Waals surface area (Å²) >= 11 is 6.05. The van der Waals surface area contributed by atoms with Gasteiger partial charge in [0.05, 0.1) is 5.52 Å². The molecule has 5 heteroatoms. The van der Waals surface area contributed by atoms with Crippen molar-refractivity contribution in [1.29, 1.82) is 0 Å². The summed E-state index contributed by atoms with van der Waals surface area (Å²) in [7, 11) is 0. The van der Waals surface area contributed by atoms with Crippen molar-refractivity contribution in [1.82, 2.24) is 10.2 Å². The second-order valence-electron chi connectivity index (χ2n) is 4.68. The van der Waals surface area contributed by atoms with Gasteiger partial charge in [0.2, 0.25) is 6.08 Å². The van der Waals surface area contributed by atoms with Crippen LogP contribution in [0, 0.1) is 0 Å². The third-order valence-corrected chi connectivity index (χ3v) is 4.02. The molecule has 3 rings (SSSR count). The van der Waals surface area contributed by atoms with Crippen LogP contribution in [0.4, 0.5) is 0 Å². The summed E-state index contributed by atoms with van der Waals surface area (Å²) in [6.07, 6.45) is 5.60. The highest BCUT2D eigenvalue weighted by atomic mass is 35.5. The van der Waals surface area contributed by atoms with E-state index >= 15 is 0 Å². The third-order valence-electron chi connectivity index (χ3n) is 3.73. The van der Waals surface area contributed by atoms with E-state index in [-0.39, 0.29) is 0 Å². The molecule has 1 N–H and O–H groups in total. The van der Waals surface area contributed by atoms with E-state index in [2.05, 4.69) is 15.2 Å². The topological polar surface area (TPSA) is 58.1 Å². The lowest BCUT2D eigenvalue weighted by atomic mass is 9.87. The molecule has 0 saturated heterocycles. The van der Waals surface area contributed by atoms with E-state index in [0.717, 1.165) is 42.1 Å². The molecule has 1 fully saturated rings. The number of rotatable bonds is 2. The molecule has 4 nitrogen and oxygen atoms in total. The summed E-state index contributed by atoms with van der Waals surface area (Å²) < 4.78 is 0.